The topological polar surface area (TPSA) is 117 Å². The van der Waals surface area contributed by atoms with Crippen LogP contribution in [0.15, 0.2) is 0 Å². The lowest BCUT2D eigenvalue weighted by atomic mass is 10.00. The van der Waals surface area contributed by atoms with E-state index in [0.717, 1.165) is 21.3 Å². The van der Waals surface area contributed by atoms with Gasteiger partial charge in [-0.05, 0) is 20.8 Å². The zero-order valence-corrected chi connectivity index (χ0v) is 14.1. The summed E-state index contributed by atoms with van der Waals surface area (Å²) in [5.41, 5.74) is -0.783. The molecule has 1 N–H and O–H groups in total. The highest BCUT2D eigenvalue weighted by molar-refractivity contribution is 5.95. The van der Waals surface area contributed by atoms with Crippen molar-refractivity contribution in [2.24, 2.45) is 5.92 Å². The van der Waals surface area contributed by atoms with Crippen LogP contribution < -0.4 is 5.32 Å². The molecule has 23 heavy (non-hydrogen) atoms. The Labute approximate surface area is 134 Å². The van der Waals surface area contributed by atoms with E-state index in [2.05, 4.69) is 19.5 Å². The number of methoxy groups -OCH3 is 3. The van der Waals surface area contributed by atoms with Gasteiger partial charge in [0.05, 0.1) is 21.3 Å². The number of esters is 3. The summed E-state index contributed by atoms with van der Waals surface area (Å²) in [4.78, 5) is 46.9. The average Bonchev–Trinajstić information content (AvgIpc) is 2.47. The molecule has 0 saturated heterocycles. The van der Waals surface area contributed by atoms with Crippen molar-refractivity contribution in [3.05, 3.63) is 0 Å². The summed E-state index contributed by atoms with van der Waals surface area (Å²) in [7, 11) is 3.29. The molecule has 0 spiro atoms. The van der Waals surface area contributed by atoms with Crippen LogP contribution in [-0.4, -0.2) is 57.0 Å². The maximum absolute atomic E-state index is 11.8. The molecule has 0 aliphatic carbocycles. The monoisotopic (exact) mass is 333 g/mol. The number of carbonyl (C=O) groups excluding carboxylic acids is 4. The molecule has 0 aliphatic heterocycles. The lowest BCUT2D eigenvalue weighted by Crippen LogP contribution is -2.46. The van der Waals surface area contributed by atoms with Crippen LogP contribution in [0.4, 0.5) is 4.79 Å². The molecular formula is C14H23NO8. The number of hydrogen-bond donors (Lipinski definition) is 1. The van der Waals surface area contributed by atoms with Crippen LogP contribution in [0.3, 0.4) is 0 Å². The van der Waals surface area contributed by atoms with Gasteiger partial charge in [-0.2, -0.15) is 0 Å². The van der Waals surface area contributed by atoms with Crippen LogP contribution in [-0.2, 0) is 33.3 Å². The molecule has 1 amide bonds. The van der Waals surface area contributed by atoms with Crippen LogP contribution in [0.25, 0.3) is 0 Å². The first-order valence-electron chi connectivity index (χ1n) is 6.78. The standard InChI is InChI=1S/C14H23NO8/c1-14(2,3)23-13(19)15-9(12(18)22-6)7-8(10(16)20-4)11(17)21-5/h8-9H,7H2,1-6H3,(H,15,19)/t9-/m0/s1. The highest BCUT2D eigenvalue weighted by Gasteiger charge is 2.36. The van der Waals surface area contributed by atoms with Gasteiger partial charge in [0.15, 0.2) is 5.92 Å². The summed E-state index contributed by atoms with van der Waals surface area (Å²) >= 11 is 0. The maximum Gasteiger partial charge on any atom is 0.408 e. The Morgan fingerprint density at radius 3 is 1.65 bits per heavy atom. The molecule has 0 rings (SSSR count). The van der Waals surface area contributed by atoms with Crippen LogP contribution in [0.1, 0.15) is 27.2 Å². The van der Waals surface area contributed by atoms with E-state index in [1.807, 2.05) is 0 Å². The van der Waals surface area contributed by atoms with E-state index < -0.39 is 41.6 Å². The Morgan fingerprint density at radius 2 is 1.30 bits per heavy atom. The Hall–Kier alpha value is -2.32. The quantitative estimate of drug-likeness (QED) is 0.422. The lowest BCUT2D eigenvalue weighted by molar-refractivity contribution is -0.160. The molecule has 0 aromatic heterocycles. The Bertz CT molecular complexity index is 438. The summed E-state index contributed by atoms with van der Waals surface area (Å²) in [5, 5.41) is 2.26. The van der Waals surface area contributed by atoms with Crippen LogP contribution in [0.5, 0.6) is 0 Å². The normalized spacial score (nSPS) is 12.1. The first-order valence-corrected chi connectivity index (χ1v) is 6.78. The fraction of sp³-hybridized carbons (Fsp3) is 0.714. The van der Waals surface area contributed by atoms with Crippen molar-refractivity contribution in [1.82, 2.24) is 5.32 Å². The van der Waals surface area contributed by atoms with E-state index in [0.29, 0.717) is 0 Å². The number of hydrogen-bond acceptors (Lipinski definition) is 8. The summed E-state index contributed by atoms with van der Waals surface area (Å²) in [6.45, 7) is 4.93. The summed E-state index contributed by atoms with van der Waals surface area (Å²) in [6.07, 6.45) is -1.27. The van der Waals surface area contributed by atoms with E-state index >= 15 is 0 Å². The molecule has 0 heterocycles. The number of alkyl carbamates (subject to hydrolysis) is 1. The molecule has 0 aromatic carbocycles. The van der Waals surface area contributed by atoms with Crippen molar-refractivity contribution >= 4 is 24.0 Å². The molecule has 0 aromatic rings. The van der Waals surface area contributed by atoms with Gasteiger partial charge < -0.3 is 24.3 Å². The third kappa shape index (κ3) is 7.48. The largest absolute Gasteiger partial charge is 0.468 e. The number of carbonyl (C=O) groups is 4. The van der Waals surface area contributed by atoms with Gasteiger partial charge in [-0.15, -0.1) is 0 Å². The van der Waals surface area contributed by atoms with Crippen molar-refractivity contribution in [1.29, 1.82) is 0 Å². The fourth-order valence-corrected chi connectivity index (χ4v) is 1.62. The van der Waals surface area contributed by atoms with Crippen molar-refractivity contribution in [3.63, 3.8) is 0 Å². The van der Waals surface area contributed by atoms with E-state index in [1.165, 1.54) is 0 Å². The Morgan fingerprint density at radius 1 is 0.870 bits per heavy atom. The molecule has 0 fully saturated rings. The fourth-order valence-electron chi connectivity index (χ4n) is 1.62. The molecule has 0 aliphatic rings. The minimum atomic E-state index is -1.39. The van der Waals surface area contributed by atoms with Gasteiger partial charge in [0, 0.05) is 6.42 Å². The first kappa shape index (κ1) is 20.7. The van der Waals surface area contributed by atoms with E-state index in [1.54, 1.807) is 20.8 Å². The van der Waals surface area contributed by atoms with Crippen LogP contribution in [0, 0.1) is 5.92 Å². The minimum absolute atomic E-state index is 0.384. The third-order valence-corrected chi connectivity index (χ3v) is 2.62. The second-order valence-corrected chi connectivity index (χ2v) is 5.56. The second kappa shape index (κ2) is 8.96. The van der Waals surface area contributed by atoms with Gasteiger partial charge in [-0.3, -0.25) is 9.59 Å². The minimum Gasteiger partial charge on any atom is -0.468 e. The van der Waals surface area contributed by atoms with Gasteiger partial charge in [0.2, 0.25) is 0 Å². The van der Waals surface area contributed by atoms with E-state index in [-0.39, 0.29) is 6.42 Å². The molecule has 0 bridgehead atoms. The molecule has 9 heteroatoms. The number of amides is 1. The van der Waals surface area contributed by atoms with Gasteiger partial charge >= 0.3 is 24.0 Å². The first-order chi connectivity index (χ1) is 10.6. The Balaban J connectivity index is 5.16. The van der Waals surface area contributed by atoms with Gasteiger partial charge in [-0.25, -0.2) is 9.59 Å². The molecular weight excluding hydrogens is 310 g/mol. The van der Waals surface area contributed by atoms with E-state index in [9.17, 15) is 19.2 Å². The number of rotatable bonds is 6. The Kier molecular flexibility index (Phi) is 8.06. The molecule has 0 saturated carbocycles. The average molecular weight is 333 g/mol. The summed E-state index contributed by atoms with van der Waals surface area (Å²) in [5.74, 6) is -4.01. The summed E-state index contributed by atoms with van der Waals surface area (Å²) < 4.78 is 18.6. The second-order valence-electron chi connectivity index (χ2n) is 5.56. The number of ether oxygens (including phenoxy) is 4. The van der Waals surface area contributed by atoms with Gasteiger partial charge in [0.1, 0.15) is 11.6 Å². The molecule has 9 nitrogen and oxygen atoms in total. The molecule has 0 radical (unpaired) electrons. The van der Waals surface area contributed by atoms with Crippen molar-refractivity contribution in [2.75, 3.05) is 21.3 Å². The van der Waals surface area contributed by atoms with E-state index in [4.69, 9.17) is 4.74 Å². The number of nitrogens with one attached hydrogen (secondary N) is 1. The zero-order valence-electron chi connectivity index (χ0n) is 14.1. The van der Waals surface area contributed by atoms with Crippen molar-refractivity contribution < 1.29 is 38.1 Å². The smallest absolute Gasteiger partial charge is 0.408 e. The van der Waals surface area contributed by atoms with Crippen molar-refractivity contribution in [3.8, 4) is 0 Å². The van der Waals surface area contributed by atoms with Gasteiger partial charge in [0.25, 0.3) is 0 Å². The van der Waals surface area contributed by atoms with Crippen molar-refractivity contribution in [2.45, 2.75) is 38.8 Å². The SMILES string of the molecule is COC(=O)C(C[C@H](NC(=O)OC(C)(C)C)C(=O)OC)C(=O)OC. The predicted molar refractivity (Wildman–Crippen MR) is 77.3 cm³/mol. The molecule has 132 valence electrons. The summed E-state index contributed by atoms with van der Waals surface area (Å²) in [6, 6.07) is -1.28. The van der Waals surface area contributed by atoms with Crippen LogP contribution in [0.2, 0.25) is 0 Å². The third-order valence-electron chi connectivity index (χ3n) is 2.62. The molecule has 1 atom stereocenters. The van der Waals surface area contributed by atoms with Gasteiger partial charge in [-0.1, -0.05) is 0 Å². The lowest BCUT2D eigenvalue weighted by Gasteiger charge is -2.23. The highest BCUT2D eigenvalue weighted by atomic mass is 16.6. The highest BCUT2D eigenvalue weighted by Crippen LogP contribution is 2.14. The predicted octanol–water partition coefficient (Wildman–Crippen LogP) is 0.405. The van der Waals surface area contributed by atoms with Crippen LogP contribution >= 0.6 is 0 Å². The zero-order chi connectivity index (χ0) is 18.2. The maximum atomic E-state index is 11.8. The molecule has 0 unspecified atom stereocenters.